The van der Waals surface area contributed by atoms with Gasteiger partial charge in [-0.2, -0.15) is 0 Å². The first-order valence-corrected chi connectivity index (χ1v) is 12.7. The summed E-state index contributed by atoms with van der Waals surface area (Å²) in [7, 11) is 1.60. The summed E-state index contributed by atoms with van der Waals surface area (Å²) in [6, 6.07) is 15.8. The molecule has 1 aromatic heterocycles. The van der Waals surface area contributed by atoms with Crippen molar-refractivity contribution in [3.05, 3.63) is 78.5 Å². The fraction of sp³-hybridized carbons (Fsp3) is 0.276. The average Bonchev–Trinajstić information content (AvgIpc) is 2.95. The summed E-state index contributed by atoms with van der Waals surface area (Å²) < 4.78 is 43.2. The topological polar surface area (TPSA) is 108 Å². The van der Waals surface area contributed by atoms with Crippen molar-refractivity contribution in [3.63, 3.8) is 0 Å². The molecule has 0 spiro atoms. The number of anilines is 4. The Balaban J connectivity index is 0.000000379. The molecule has 1 fully saturated rings. The molecule has 2 heterocycles. The standard InChI is InChI=1S/C23H27FN4O3.C6H6FN/c1-29-22-14-17-19(27-20-4-3-16(25)13-18(20)24)5-6-26-21(17)15-23(22)31-10-2-7-28-8-11-30-12-9-28;7-5-1-3-6(8)4-2-5/h3-6,13-15H,2,7-12,25H2,1H3,(H,26,27);1-4H,8H2. The molecule has 10 heteroatoms. The first kappa shape index (κ1) is 27.9. The average molecular weight is 538 g/mol. The quantitative estimate of drug-likeness (QED) is 0.208. The van der Waals surface area contributed by atoms with Crippen LogP contribution in [0, 0.1) is 11.6 Å². The van der Waals surface area contributed by atoms with Crippen molar-refractivity contribution < 1.29 is 23.0 Å². The van der Waals surface area contributed by atoms with Gasteiger partial charge in [-0.15, -0.1) is 0 Å². The molecule has 4 aromatic rings. The van der Waals surface area contributed by atoms with Gasteiger partial charge in [-0.25, -0.2) is 8.78 Å². The summed E-state index contributed by atoms with van der Waals surface area (Å²) in [5.41, 5.74) is 13.6. The molecular formula is C29H33F2N5O3. The maximum atomic E-state index is 14.2. The molecule has 0 amide bonds. The summed E-state index contributed by atoms with van der Waals surface area (Å²) in [4.78, 5) is 6.82. The second-order valence-electron chi connectivity index (χ2n) is 8.95. The van der Waals surface area contributed by atoms with Gasteiger partial charge in [-0.3, -0.25) is 9.88 Å². The Morgan fingerprint density at radius 3 is 2.36 bits per heavy atom. The largest absolute Gasteiger partial charge is 0.493 e. The Bertz CT molecular complexity index is 1340. The summed E-state index contributed by atoms with van der Waals surface area (Å²) in [5.74, 6) is 0.573. The number of nitrogens with one attached hydrogen (secondary N) is 1. The SMILES string of the molecule is COc1cc2c(Nc3ccc(N)cc3F)ccnc2cc1OCCCN1CCOCC1.Nc1ccc(F)cc1. The van der Waals surface area contributed by atoms with Gasteiger partial charge in [0.05, 0.1) is 38.1 Å². The molecule has 1 aliphatic heterocycles. The van der Waals surface area contributed by atoms with E-state index in [0.29, 0.717) is 40.9 Å². The molecule has 206 valence electrons. The number of pyridine rings is 1. The fourth-order valence-corrected chi connectivity index (χ4v) is 4.07. The summed E-state index contributed by atoms with van der Waals surface area (Å²) in [5, 5.41) is 3.92. The van der Waals surface area contributed by atoms with Crippen LogP contribution in [0.5, 0.6) is 11.5 Å². The summed E-state index contributed by atoms with van der Waals surface area (Å²) >= 11 is 0. The number of morpholine rings is 1. The predicted octanol–water partition coefficient (Wildman–Crippen LogP) is 5.22. The van der Waals surface area contributed by atoms with E-state index in [1.54, 1.807) is 31.5 Å². The van der Waals surface area contributed by atoms with Crippen molar-refractivity contribution in [1.29, 1.82) is 0 Å². The van der Waals surface area contributed by atoms with Crippen LogP contribution in [0.2, 0.25) is 0 Å². The smallest absolute Gasteiger partial charge is 0.163 e. The van der Waals surface area contributed by atoms with Crippen molar-refractivity contribution in [2.45, 2.75) is 6.42 Å². The van der Waals surface area contributed by atoms with Gasteiger partial charge in [0.2, 0.25) is 0 Å². The molecule has 0 radical (unpaired) electrons. The number of benzene rings is 3. The Labute approximate surface area is 226 Å². The number of fused-ring (bicyclic) bond motifs is 1. The van der Waals surface area contributed by atoms with Crippen LogP contribution < -0.4 is 26.3 Å². The lowest BCUT2D eigenvalue weighted by Crippen LogP contribution is -2.37. The molecule has 5 rings (SSSR count). The lowest BCUT2D eigenvalue weighted by molar-refractivity contribution is 0.0357. The Morgan fingerprint density at radius 1 is 0.923 bits per heavy atom. The molecule has 0 atom stereocenters. The van der Waals surface area contributed by atoms with Crippen molar-refractivity contribution in [2.24, 2.45) is 0 Å². The third kappa shape index (κ3) is 7.92. The van der Waals surface area contributed by atoms with Gasteiger partial charge in [-0.05, 0) is 61.0 Å². The van der Waals surface area contributed by atoms with Crippen LogP contribution in [0.4, 0.5) is 31.5 Å². The first-order valence-electron chi connectivity index (χ1n) is 12.7. The van der Waals surface area contributed by atoms with Crippen molar-refractivity contribution in [1.82, 2.24) is 9.88 Å². The van der Waals surface area contributed by atoms with E-state index in [9.17, 15) is 8.78 Å². The van der Waals surface area contributed by atoms with Crippen LogP contribution in [0.15, 0.2) is 66.9 Å². The second-order valence-corrected chi connectivity index (χ2v) is 8.95. The van der Waals surface area contributed by atoms with E-state index in [0.717, 1.165) is 50.2 Å². The summed E-state index contributed by atoms with van der Waals surface area (Å²) in [6.45, 7) is 5.07. The number of methoxy groups -OCH3 is 1. The molecule has 0 bridgehead atoms. The second kappa shape index (κ2) is 13.6. The van der Waals surface area contributed by atoms with Crippen molar-refractivity contribution in [2.75, 3.05) is 63.3 Å². The number of nitrogens with zero attached hydrogens (tertiary/aromatic N) is 2. The van der Waals surface area contributed by atoms with Gasteiger partial charge in [0, 0.05) is 54.3 Å². The van der Waals surface area contributed by atoms with E-state index in [4.69, 9.17) is 25.7 Å². The van der Waals surface area contributed by atoms with E-state index >= 15 is 0 Å². The highest BCUT2D eigenvalue weighted by atomic mass is 19.1. The molecule has 0 unspecified atom stereocenters. The molecule has 3 aromatic carbocycles. The van der Waals surface area contributed by atoms with E-state index in [1.807, 2.05) is 12.1 Å². The lowest BCUT2D eigenvalue weighted by atomic mass is 10.1. The van der Waals surface area contributed by atoms with Gasteiger partial charge < -0.3 is 31.0 Å². The molecule has 39 heavy (non-hydrogen) atoms. The van der Waals surface area contributed by atoms with Crippen LogP contribution in [0.25, 0.3) is 10.9 Å². The molecule has 5 N–H and O–H groups in total. The van der Waals surface area contributed by atoms with E-state index in [2.05, 4.69) is 15.2 Å². The van der Waals surface area contributed by atoms with Crippen LogP contribution in [-0.2, 0) is 4.74 Å². The monoisotopic (exact) mass is 537 g/mol. The zero-order valence-corrected chi connectivity index (χ0v) is 21.8. The summed E-state index contributed by atoms with van der Waals surface area (Å²) in [6.07, 6.45) is 2.58. The molecule has 0 aliphatic carbocycles. The lowest BCUT2D eigenvalue weighted by Gasteiger charge is -2.26. The molecule has 0 saturated carbocycles. The van der Waals surface area contributed by atoms with Crippen molar-refractivity contribution >= 4 is 33.7 Å². The normalized spacial score (nSPS) is 13.4. The van der Waals surface area contributed by atoms with Gasteiger partial charge in [-0.1, -0.05) is 0 Å². The van der Waals surface area contributed by atoms with Crippen LogP contribution in [0.1, 0.15) is 6.42 Å². The van der Waals surface area contributed by atoms with Gasteiger partial charge >= 0.3 is 0 Å². The minimum Gasteiger partial charge on any atom is -0.493 e. The number of aromatic nitrogens is 1. The predicted molar refractivity (Wildman–Crippen MR) is 151 cm³/mol. The van der Waals surface area contributed by atoms with E-state index < -0.39 is 5.82 Å². The van der Waals surface area contributed by atoms with Gasteiger partial charge in [0.25, 0.3) is 0 Å². The van der Waals surface area contributed by atoms with Crippen LogP contribution >= 0.6 is 0 Å². The van der Waals surface area contributed by atoms with Crippen LogP contribution in [0.3, 0.4) is 0 Å². The van der Waals surface area contributed by atoms with E-state index in [1.165, 1.54) is 30.3 Å². The zero-order chi connectivity index (χ0) is 27.6. The highest BCUT2D eigenvalue weighted by Gasteiger charge is 2.13. The zero-order valence-electron chi connectivity index (χ0n) is 21.8. The maximum absolute atomic E-state index is 14.2. The van der Waals surface area contributed by atoms with Gasteiger partial charge in [0.1, 0.15) is 11.6 Å². The Hall–Kier alpha value is -4.15. The fourth-order valence-electron chi connectivity index (χ4n) is 4.07. The van der Waals surface area contributed by atoms with Gasteiger partial charge in [0.15, 0.2) is 11.5 Å². The highest BCUT2D eigenvalue weighted by molar-refractivity contribution is 5.95. The Kier molecular flexibility index (Phi) is 9.71. The number of ether oxygens (including phenoxy) is 3. The maximum Gasteiger partial charge on any atom is 0.163 e. The number of hydrogen-bond donors (Lipinski definition) is 3. The number of halogens is 2. The minimum atomic E-state index is -0.419. The molecule has 8 nitrogen and oxygen atoms in total. The Morgan fingerprint density at radius 2 is 1.67 bits per heavy atom. The first-order chi connectivity index (χ1) is 18.9. The van der Waals surface area contributed by atoms with E-state index in [-0.39, 0.29) is 5.82 Å². The molecule has 1 aliphatic rings. The molecule has 1 saturated heterocycles. The minimum absolute atomic E-state index is 0.251. The number of hydrogen-bond acceptors (Lipinski definition) is 8. The van der Waals surface area contributed by atoms with Crippen molar-refractivity contribution in [3.8, 4) is 11.5 Å². The third-order valence-electron chi connectivity index (χ3n) is 6.14. The number of nitrogen functional groups attached to an aromatic ring is 2. The third-order valence-corrected chi connectivity index (χ3v) is 6.14. The number of rotatable bonds is 8. The molecular weight excluding hydrogens is 504 g/mol. The highest BCUT2D eigenvalue weighted by Crippen LogP contribution is 2.36. The van der Waals surface area contributed by atoms with Crippen LogP contribution in [-0.4, -0.2) is 56.4 Å². The number of nitrogens with two attached hydrogens (primary N) is 2.